The number of allylic oxidation sites excluding steroid dienone is 2. The lowest BCUT2D eigenvalue weighted by Gasteiger charge is -2.00. The van der Waals surface area contributed by atoms with Crippen LogP contribution in [0.5, 0.6) is 0 Å². The summed E-state index contributed by atoms with van der Waals surface area (Å²) in [5, 5.41) is 0. The highest BCUT2D eigenvalue weighted by molar-refractivity contribution is 5.68. The fraction of sp³-hybridized carbons (Fsp3) is 0.737. The zero-order valence-electron chi connectivity index (χ0n) is 14.3. The standard InChI is InChI=1S/C19H32O3/c1-3-4-11-14-17-18(22-17)15-12-9-7-5-6-8-10-13-16-19(20)21-2/h4,9,11-12,17-18H,3,5-8,10,13-16H2,1-2H3. The lowest BCUT2D eigenvalue weighted by atomic mass is 10.1. The Morgan fingerprint density at radius 2 is 1.59 bits per heavy atom. The van der Waals surface area contributed by atoms with Crippen LogP contribution >= 0.6 is 0 Å². The van der Waals surface area contributed by atoms with Crippen molar-refractivity contribution < 1.29 is 14.3 Å². The minimum atomic E-state index is -0.0892. The number of esters is 1. The smallest absolute Gasteiger partial charge is 0.305 e. The molecule has 0 saturated carbocycles. The minimum absolute atomic E-state index is 0.0892. The molecule has 0 aromatic rings. The molecule has 3 nitrogen and oxygen atoms in total. The normalized spacial score (nSPS) is 20.8. The zero-order valence-corrected chi connectivity index (χ0v) is 14.3. The summed E-state index contributed by atoms with van der Waals surface area (Å²) in [7, 11) is 1.45. The molecule has 0 spiro atoms. The summed E-state index contributed by atoms with van der Waals surface area (Å²) in [5.41, 5.74) is 0. The van der Waals surface area contributed by atoms with Gasteiger partial charge in [0.25, 0.3) is 0 Å². The van der Waals surface area contributed by atoms with E-state index in [1.165, 1.54) is 26.4 Å². The molecule has 0 bridgehead atoms. The molecule has 22 heavy (non-hydrogen) atoms. The zero-order chi connectivity index (χ0) is 16.0. The molecular weight excluding hydrogens is 276 g/mol. The van der Waals surface area contributed by atoms with Gasteiger partial charge in [-0.1, -0.05) is 50.5 Å². The summed E-state index contributed by atoms with van der Waals surface area (Å²) in [5.74, 6) is -0.0892. The maximum atomic E-state index is 10.9. The van der Waals surface area contributed by atoms with Gasteiger partial charge in [0.15, 0.2) is 0 Å². The summed E-state index contributed by atoms with van der Waals surface area (Å²) in [6, 6.07) is 0. The highest BCUT2D eigenvalue weighted by Gasteiger charge is 2.35. The first-order chi connectivity index (χ1) is 10.8. The van der Waals surface area contributed by atoms with Crippen molar-refractivity contribution in [2.75, 3.05) is 7.11 Å². The third-order valence-electron chi connectivity index (χ3n) is 3.97. The van der Waals surface area contributed by atoms with Crippen molar-refractivity contribution in [1.29, 1.82) is 0 Å². The highest BCUT2D eigenvalue weighted by Crippen LogP contribution is 2.29. The van der Waals surface area contributed by atoms with E-state index in [2.05, 4.69) is 36.0 Å². The lowest BCUT2D eigenvalue weighted by molar-refractivity contribution is -0.140. The molecule has 1 fully saturated rings. The van der Waals surface area contributed by atoms with Gasteiger partial charge in [0.05, 0.1) is 19.3 Å². The highest BCUT2D eigenvalue weighted by atomic mass is 16.6. The van der Waals surface area contributed by atoms with Gasteiger partial charge in [-0.15, -0.1) is 0 Å². The van der Waals surface area contributed by atoms with Crippen LogP contribution in [0.4, 0.5) is 0 Å². The van der Waals surface area contributed by atoms with Crippen LogP contribution < -0.4 is 0 Å². The Kier molecular flexibility index (Phi) is 10.7. The van der Waals surface area contributed by atoms with Crippen molar-refractivity contribution in [2.45, 2.75) is 83.3 Å². The Hall–Kier alpha value is -1.09. The molecule has 1 aliphatic heterocycles. The number of methoxy groups -OCH3 is 1. The van der Waals surface area contributed by atoms with Crippen LogP contribution in [0.1, 0.15) is 71.1 Å². The summed E-state index contributed by atoms with van der Waals surface area (Å²) >= 11 is 0. The van der Waals surface area contributed by atoms with Crippen LogP contribution in [0, 0.1) is 0 Å². The predicted octanol–water partition coefficient (Wildman–Crippen LogP) is 4.96. The SMILES string of the molecule is CCC=CCC1OC1CC=CCCCCCCCC(=O)OC. The van der Waals surface area contributed by atoms with E-state index in [-0.39, 0.29) is 5.97 Å². The number of hydrogen-bond acceptors (Lipinski definition) is 3. The van der Waals surface area contributed by atoms with Gasteiger partial charge in [0.1, 0.15) is 0 Å². The third-order valence-corrected chi connectivity index (χ3v) is 3.97. The molecule has 2 atom stereocenters. The second-order valence-electron chi connectivity index (χ2n) is 5.92. The average Bonchev–Trinajstić information content (AvgIpc) is 3.27. The van der Waals surface area contributed by atoms with E-state index in [0.717, 1.165) is 38.5 Å². The average molecular weight is 308 g/mol. The Morgan fingerprint density at radius 1 is 0.955 bits per heavy atom. The van der Waals surface area contributed by atoms with E-state index in [4.69, 9.17) is 4.74 Å². The van der Waals surface area contributed by atoms with Crippen molar-refractivity contribution >= 4 is 5.97 Å². The number of hydrogen-bond donors (Lipinski definition) is 0. The first-order valence-corrected chi connectivity index (χ1v) is 8.80. The van der Waals surface area contributed by atoms with Crippen LogP contribution in [-0.4, -0.2) is 25.3 Å². The number of carbonyl (C=O) groups excluding carboxylic acids is 1. The van der Waals surface area contributed by atoms with E-state index >= 15 is 0 Å². The van der Waals surface area contributed by atoms with E-state index in [1.54, 1.807) is 0 Å². The molecule has 2 unspecified atom stereocenters. The largest absolute Gasteiger partial charge is 0.469 e. The molecule has 126 valence electrons. The summed E-state index contributed by atoms with van der Waals surface area (Å²) < 4.78 is 10.2. The van der Waals surface area contributed by atoms with Gasteiger partial charge in [-0.3, -0.25) is 4.79 Å². The molecule has 1 heterocycles. The van der Waals surface area contributed by atoms with Gasteiger partial charge < -0.3 is 9.47 Å². The Morgan fingerprint density at radius 3 is 2.27 bits per heavy atom. The summed E-state index contributed by atoms with van der Waals surface area (Å²) in [6.07, 6.45) is 20.6. The molecule has 0 radical (unpaired) electrons. The monoisotopic (exact) mass is 308 g/mol. The van der Waals surface area contributed by atoms with Crippen molar-refractivity contribution in [2.24, 2.45) is 0 Å². The molecule has 0 aromatic heterocycles. The van der Waals surface area contributed by atoms with Crippen LogP contribution in [0.15, 0.2) is 24.3 Å². The number of unbranched alkanes of at least 4 members (excludes halogenated alkanes) is 5. The maximum Gasteiger partial charge on any atom is 0.305 e. The fourth-order valence-corrected chi connectivity index (χ4v) is 2.50. The van der Waals surface area contributed by atoms with Crippen molar-refractivity contribution in [3.8, 4) is 0 Å². The van der Waals surface area contributed by atoms with Crippen molar-refractivity contribution in [1.82, 2.24) is 0 Å². The van der Waals surface area contributed by atoms with Crippen LogP contribution in [0.3, 0.4) is 0 Å². The third kappa shape index (κ3) is 9.78. The van der Waals surface area contributed by atoms with Gasteiger partial charge in [-0.2, -0.15) is 0 Å². The van der Waals surface area contributed by atoms with E-state index in [9.17, 15) is 4.79 Å². The van der Waals surface area contributed by atoms with Crippen molar-refractivity contribution in [3.05, 3.63) is 24.3 Å². The Labute approximate surface area is 135 Å². The molecule has 0 aliphatic carbocycles. The van der Waals surface area contributed by atoms with E-state index < -0.39 is 0 Å². The molecule has 0 aromatic carbocycles. The topological polar surface area (TPSA) is 38.8 Å². The fourth-order valence-electron chi connectivity index (χ4n) is 2.50. The van der Waals surface area contributed by atoms with Crippen LogP contribution in [-0.2, 0) is 14.3 Å². The van der Waals surface area contributed by atoms with Crippen LogP contribution in [0.25, 0.3) is 0 Å². The van der Waals surface area contributed by atoms with Gasteiger partial charge in [-0.05, 0) is 38.5 Å². The minimum Gasteiger partial charge on any atom is -0.469 e. The van der Waals surface area contributed by atoms with Gasteiger partial charge in [-0.25, -0.2) is 0 Å². The van der Waals surface area contributed by atoms with Gasteiger partial charge >= 0.3 is 5.97 Å². The molecule has 1 aliphatic rings. The molecule has 0 N–H and O–H groups in total. The maximum absolute atomic E-state index is 10.9. The number of ether oxygens (including phenoxy) is 2. The second kappa shape index (κ2) is 12.5. The number of carbonyl (C=O) groups is 1. The quantitative estimate of drug-likeness (QED) is 0.209. The molecule has 1 rings (SSSR count). The summed E-state index contributed by atoms with van der Waals surface area (Å²) in [6.45, 7) is 2.16. The van der Waals surface area contributed by atoms with Gasteiger partial charge in [0.2, 0.25) is 0 Å². The molecule has 1 saturated heterocycles. The van der Waals surface area contributed by atoms with E-state index in [0.29, 0.717) is 18.6 Å². The van der Waals surface area contributed by atoms with Crippen LogP contribution in [0.2, 0.25) is 0 Å². The molecule has 3 heteroatoms. The first-order valence-electron chi connectivity index (χ1n) is 8.80. The molecule has 0 amide bonds. The Balaban J connectivity index is 1.83. The summed E-state index contributed by atoms with van der Waals surface area (Å²) in [4.78, 5) is 10.9. The van der Waals surface area contributed by atoms with Crippen molar-refractivity contribution in [3.63, 3.8) is 0 Å². The second-order valence-corrected chi connectivity index (χ2v) is 5.92. The molecular formula is C19H32O3. The first kappa shape index (κ1) is 19.0. The van der Waals surface area contributed by atoms with E-state index in [1.807, 2.05) is 0 Å². The van der Waals surface area contributed by atoms with Gasteiger partial charge in [0, 0.05) is 6.42 Å². The number of epoxide rings is 1. The Bertz CT molecular complexity index is 347. The number of rotatable bonds is 13. The lowest BCUT2D eigenvalue weighted by Crippen LogP contribution is -1.99. The predicted molar refractivity (Wildman–Crippen MR) is 90.8 cm³/mol.